The molecule has 24 nitrogen and oxygen atoms in total. The molecule has 4 aromatic carbocycles. The first-order valence-corrected chi connectivity index (χ1v) is 37.8. The molecule has 98 heavy (non-hydrogen) atoms. The summed E-state index contributed by atoms with van der Waals surface area (Å²) in [5.74, 6) is -2.59. The quantitative estimate of drug-likeness (QED) is 0.0349. The highest BCUT2D eigenvalue weighted by Crippen LogP contribution is 2.41. The number of rotatable bonds is 20. The number of aryl methyl sites for hydroxylation is 1. The van der Waals surface area contributed by atoms with Crippen LogP contribution in [0.1, 0.15) is 140 Å². The molecule has 28 heteroatoms. The van der Waals surface area contributed by atoms with E-state index in [2.05, 4.69) is 30.6 Å². The molecule has 4 atom stereocenters. The van der Waals surface area contributed by atoms with Crippen molar-refractivity contribution >= 4 is 96.9 Å². The first-order valence-electron chi connectivity index (χ1n) is 33.1. The van der Waals surface area contributed by atoms with Crippen molar-refractivity contribution in [3.63, 3.8) is 0 Å². The van der Waals surface area contributed by atoms with Gasteiger partial charge in [0, 0.05) is 85.2 Å². The number of hydrogen-bond donors (Lipinski definition) is 7. The number of carbonyl (C=O) groups is 5. The fraction of sp³-hybridized carbons (Fsp3) is 0.414. The summed E-state index contributed by atoms with van der Waals surface area (Å²) >= 11 is 2.91. The van der Waals surface area contributed by atoms with Crippen molar-refractivity contribution in [1.82, 2.24) is 45.0 Å². The highest BCUT2D eigenvalue weighted by molar-refractivity contribution is 7.90. The number of aromatic nitrogens is 5. The van der Waals surface area contributed by atoms with Crippen LogP contribution in [0.25, 0.3) is 31.8 Å². The number of aliphatic hydroxyl groups is 1. The molecule has 7 heterocycles. The Hall–Kier alpha value is -8.27. The zero-order valence-electron chi connectivity index (χ0n) is 55.4. The van der Waals surface area contributed by atoms with Gasteiger partial charge in [-0.05, 0) is 135 Å². The van der Waals surface area contributed by atoms with Crippen LogP contribution in [0.2, 0.25) is 0 Å². The highest BCUT2D eigenvalue weighted by Gasteiger charge is 2.46. The van der Waals surface area contributed by atoms with Gasteiger partial charge in [-0.2, -0.15) is 5.10 Å². The number of amides is 5. The van der Waals surface area contributed by atoms with Crippen LogP contribution in [0, 0.1) is 31.1 Å². The Labute approximate surface area is 576 Å². The third kappa shape index (κ3) is 15.6. The van der Waals surface area contributed by atoms with E-state index >= 15 is 0 Å². The molecule has 3 aliphatic heterocycles. The van der Waals surface area contributed by atoms with Gasteiger partial charge in [0.15, 0.2) is 5.13 Å². The van der Waals surface area contributed by atoms with Gasteiger partial charge in [-0.1, -0.05) is 99.9 Å². The van der Waals surface area contributed by atoms with Crippen LogP contribution in [-0.4, -0.2) is 127 Å². The summed E-state index contributed by atoms with van der Waals surface area (Å²) in [7, 11) is -9.92. The standard InChI is InChI=1S/C70H81N12O12PS3/c1-41(45-19-21-47(22-20-45)62-42(2)71-40-96-62)73-66(86)58-34-50(83)37-81(58)68(88)63(70(4,5)6)76-64(84)48-28-30-79(31-29-48)57-25-23-51(33-49(57)39-94-95(89,90)91)98(92,93)78-67(87)61-52(54-35-72-82(43(54)3)36-44-13-8-7-9-14-44)24-26-60(75-61)80-32-27-46-15-12-16-53(55(46)38-80)65(85)77-69-74-56-17-10-11-18-59(56)97-69/h10-12,15-26,33,35,40-41,44,48,50,58,63,83H,7-9,13-14,27-32,34,36-39H2,1-6H3,(H,73,86)(H,76,84)(H,78,87)(H,74,77,85)(H2,89,90,91)/t41-,50+,58-,63+/m0/s1. The Morgan fingerprint density at radius 2 is 1.58 bits per heavy atom. The lowest BCUT2D eigenvalue weighted by molar-refractivity contribution is -0.144. The Morgan fingerprint density at radius 1 is 0.827 bits per heavy atom. The van der Waals surface area contributed by atoms with E-state index in [1.54, 1.807) is 62.0 Å². The number of piperidine rings is 1. The van der Waals surface area contributed by atoms with Crippen LogP contribution in [0.15, 0.2) is 114 Å². The fourth-order valence-corrected chi connectivity index (χ4v) is 16.8. The van der Waals surface area contributed by atoms with Crippen molar-refractivity contribution in [2.45, 2.75) is 148 Å². The lowest BCUT2D eigenvalue weighted by Gasteiger charge is -2.38. The van der Waals surface area contributed by atoms with Crippen molar-refractivity contribution < 1.29 is 56.4 Å². The molecule has 2 saturated heterocycles. The number of aliphatic hydroxyl groups excluding tert-OH is 1. The molecular weight excluding hydrogens is 1330 g/mol. The molecule has 3 fully saturated rings. The van der Waals surface area contributed by atoms with Gasteiger partial charge in [-0.3, -0.25) is 38.5 Å². The molecule has 1 aliphatic carbocycles. The predicted molar refractivity (Wildman–Crippen MR) is 375 cm³/mol. The number of hydrogen-bond acceptors (Lipinski definition) is 18. The summed E-state index contributed by atoms with van der Waals surface area (Å²) in [5, 5.41) is 25.1. The first-order chi connectivity index (χ1) is 46.7. The molecule has 4 aliphatic rings. The van der Waals surface area contributed by atoms with Crippen molar-refractivity contribution in [2.24, 2.45) is 17.3 Å². The minimum absolute atomic E-state index is 0.0102. The number of sulfonamides is 1. The predicted octanol–water partition coefficient (Wildman–Crippen LogP) is 10.0. The number of pyridine rings is 1. The summed E-state index contributed by atoms with van der Waals surface area (Å²) < 4.78 is 51.7. The van der Waals surface area contributed by atoms with E-state index in [1.807, 2.05) is 95.9 Å². The maximum absolute atomic E-state index is 14.9. The van der Waals surface area contributed by atoms with Crippen molar-refractivity contribution in [3.8, 4) is 21.6 Å². The number of carbonyl (C=O) groups excluding carboxylic acids is 5. The number of benzene rings is 4. The molecule has 1 saturated carbocycles. The molecule has 12 rings (SSSR count). The van der Waals surface area contributed by atoms with Gasteiger partial charge in [0.2, 0.25) is 17.7 Å². The lowest BCUT2D eigenvalue weighted by atomic mass is 9.84. The van der Waals surface area contributed by atoms with Crippen LogP contribution in [-0.2, 0) is 59.6 Å². The number of β-amino-alcohol motifs (C(OH)–C–C–N with tert-alkyl or cyclic N) is 1. The van der Waals surface area contributed by atoms with Crippen molar-refractivity contribution in [1.29, 1.82) is 0 Å². The number of anilines is 3. The highest BCUT2D eigenvalue weighted by atomic mass is 32.2. The minimum atomic E-state index is -5.13. The second-order valence-corrected chi connectivity index (χ2v) is 31.8. The van der Waals surface area contributed by atoms with Gasteiger partial charge >= 0.3 is 7.82 Å². The van der Waals surface area contributed by atoms with E-state index in [1.165, 1.54) is 40.9 Å². The van der Waals surface area contributed by atoms with Crippen LogP contribution >= 0.6 is 30.5 Å². The number of fused-ring (bicyclic) bond motifs is 2. The minimum Gasteiger partial charge on any atom is -0.391 e. The van der Waals surface area contributed by atoms with Crippen LogP contribution in [0.3, 0.4) is 0 Å². The summed E-state index contributed by atoms with van der Waals surface area (Å²) in [5.41, 5.74) is 8.56. The molecule has 8 aromatic rings. The van der Waals surface area contributed by atoms with Gasteiger partial charge < -0.3 is 40.2 Å². The molecule has 7 N–H and O–H groups in total. The van der Waals surface area contributed by atoms with E-state index < -0.39 is 88.5 Å². The van der Waals surface area contributed by atoms with E-state index in [-0.39, 0.29) is 62.6 Å². The van der Waals surface area contributed by atoms with Gasteiger partial charge in [0.1, 0.15) is 23.6 Å². The van der Waals surface area contributed by atoms with Crippen LogP contribution in [0.4, 0.5) is 16.6 Å². The molecule has 4 aromatic heterocycles. The summed E-state index contributed by atoms with van der Waals surface area (Å²) in [6, 6.07) is 25.9. The lowest BCUT2D eigenvalue weighted by Crippen LogP contribution is -2.59. The first kappa shape index (κ1) is 69.6. The zero-order chi connectivity index (χ0) is 69.4. The number of nitrogens with one attached hydrogen (secondary N) is 4. The van der Waals surface area contributed by atoms with Gasteiger partial charge in [-0.25, -0.2) is 32.7 Å². The van der Waals surface area contributed by atoms with E-state index in [0.29, 0.717) is 58.8 Å². The van der Waals surface area contributed by atoms with Crippen molar-refractivity contribution in [2.75, 3.05) is 41.3 Å². The van der Waals surface area contributed by atoms with E-state index in [4.69, 9.17) is 14.6 Å². The number of nitrogens with zero attached hydrogens (tertiary/aromatic N) is 8. The SMILES string of the molecule is Cc1ncsc1-c1ccc([C@H](C)NC(=O)[C@@H]2C[C@@H](O)CN2C(=O)[C@@H](NC(=O)C2CCN(c3ccc(S(=O)(=O)NC(=O)c4nc(N5CCc6cccc(C(=O)Nc7nc8ccccc8s7)c6C5)ccc4-c4cnn(CC5CCCCC5)c4C)cc3COP(=O)(O)O)CC2)C(C)(C)C)cc1. The van der Waals surface area contributed by atoms with Crippen molar-refractivity contribution in [3.05, 3.63) is 154 Å². The molecule has 0 unspecified atom stereocenters. The summed E-state index contributed by atoms with van der Waals surface area (Å²) in [6.07, 6.45) is 7.32. The number of phosphoric acid groups is 1. The fourth-order valence-electron chi connectivity index (χ4n) is 13.8. The summed E-state index contributed by atoms with van der Waals surface area (Å²) in [4.78, 5) is 111. The number of thiazole rings is 2. The van der Waals surface area contributed by atoms with Gasteiger partial charge in [0.05, 0.1) is 56.1 Å². The average molecular weight is 1410 g/mol. The zero-order valence-corrected chi connectivity index (χ0v) is 58.8. The second-order valence-electron chi connectivity index (χ2n) is 27.0. The monoisotopic (exact) mass is 1410 g/mol. The van der Waals surface area contributed by atoms with Crippen LogP contribution < -0.4 is 30.5 Å². The largest absolute Gasteiger partial charge is 0.469 e. The number of para-hydroxylation sites is 1. The molecule has 0 spiro atoms. The maximum Gasteiger partial charge on any atom is 0.469 e. The normalized spacial score (nSPS) is 17.9. The van der Waals surface area contributed by atoms with E-state index in [0.717, 1.165) is 74.4 Å². The van der Waals surface area contributed by atoms with Crippen LogP contribution in [0.5, 0.6) is 0 Å². The maximum atomic E-state index is 14.9. The van der Waals surface area contributed by atoms with E-state index in [9.17, 15) is 51.8 Å². The molecular formula is C70H81N12O12PS3. The smallest absolute Gasteiger partial charge is 0.391 e. The second kappa shape index (κ2) is 28.9. The third-order valence-electron chi connectivity index (χ3n) is 19.2. The average Bonchev–Trinajstić information content (AvgIpc) is 1.26. The Balaban J connectivity index is 0.747. The number of phosphoric ester groups is 1. The van der Waals surface area contributed by atoms with Gasteiger partial charge in [-0.15, -0.1) is 11.3 Å². The molecule has 516 valence electrons. The van der Waals surface area contributed by atoms with Gasteiger partial charge in [0.25, 0.3) is 21.8 Å². The topological polar surface area (TPSA) is 321 Å². The molecule has 0 radical (unpaired) electrons. The Morgan fingerprint density at radius 3 is 2.30 bits per heavy atom. The summed E-state index contributed by atoms with van der Waals surface area (Å²) in [6.45, 7) is 12.1. The third-order valence-corrected chi connectivity index (χ3v) is 22.9. The Bertz CT molecular complexity index is 4460. The number of likely N-dealkylation sites (tertiary alicyclic amines) is 1. The molecule has 0 bridgehead atoms. The molecule has 5 amide bonds. The Kier molecular flexibility index (Phi) is 20.5.